The van der Waals surface area contributed by atoms with Gasteiger partial charge in [-0.15, -0.1) is 0 Å². The Morgan fingerprint density at radius 1 is 1.35 bits per heavy atom. The fourth-order valence-electron chi connectivity index (χ4n) is 2.63. The van der Waals surface area contributed by atoms with Crippen LogP contribution < -0.4 is 10.1 Å². The van der Waals surface area contributed by atoms with Gasteiger partial charge in [0.15, 0.2) is 6.61 Å². The number of amides is 1. The number of hydrogen-bond donors (Lipinski definition) is 2. The Morgan fingerprint density at radius 2 is 2.00 bits per heavy atom. The Labute approximate surface area is 120 Å². The van der Waals surface area contributed by atoms with Crippen LogP contribution in [0.1, 0.15) is 32.6 Å². The second-order valence-corrected chi connectivity index (χ2v) is 5.77. The van der Waals surface area contributed by atoms with Crippen molar-refractivity contribution in [3.63, 3.8) is 0 Å². The quantitative estimate of drug-likeness (QED) is 0.866. The van der Waals surface area contributed by atoms with Crippen molar-refractivity contribution in [2.45, 2.75) is 38.1 Å². The fourth-order valence-corrected chi connectivity index (χ4v) is 2.63. The molecular formula is C16H23NO3. The first-order chi connectivity index (χ1) is 9.63. The van der Waals surface area contributed by atoms with Crippen molar-refractivity contribution in [2.75, 3.05) is 13.2 Å². The van der Waals surface area contributed by atoms with Gasteiger partial charge in [-0.25, -0.2) is 0 Å². The van der Waals surface area contributed by atoms with Crippen LogP contribution in [-0.4, -0.2) is 29.8 Å². The molecule has 0 bridgehead atoms. The fraction of sp³-hybridized carbons (Fsp3) is 0.562. The maximum atomic E-state index is 12.0. The third kappa shape index (κ3) is 3.97. The third-order valence-corrected chi connectivity index (χ3v) is 4.05. The number of rotatable bonds is 5. The predicted octanol–water partition coefficient (Wildman–Crippen LogP) is 2.12. The van der Waals surface area contributed by atoms with E-state index in [9.17, 15) is 9.90 Å². The minimum Gasteiger partial charge on any atom is -0.484 e. The standard InChI is InChI=1S/C16H23NO3/c1-13-7-9-16(12-18,10-8-13)17-15(19)11-20-14-5-3-2-4-6-14/h2-6,13,18H,7-12H2,1H3,(H,17,19). The van der Waals surface area contributed by atoms with E-state index >= 15 is 0 Å². The Bertz CT molecular complexity index is 425. The minimum absolute atomic E-state index is 0.00318. The topological polar surface area (TPSA) is 58.6 Å². The summed E-state index contributed by atoms with van der Waals surface area (Å²) >= 11 is 0. The summed E-state index contributed by atoms with van der Waals surface area (Å²) in [7, 11) is 0. The van der Waals surface area contributed by atoms with Crippen LogP contribution in [0.25, 0.3) is 0 Å². The van der Waals surface area contributed by atoms with Gasteiger partial charge in [0.25, 0.3) is 5.91 Å². The van der Waals surface area contributed by atoms with Crippen LogP contribution in [0.15, 0.2) is 30.3 Å². The number of aliphatic hydroxyl groups excluding tert-OH is 1. The summed E-state index contributed by atoms with van der Waals surface area (Å²) in [5.74, 6) is 1.18. The number of hydrogen-bond acceptors (Lipinski definition) is 3. The van der Waals surface area contributed by atoms with Crippen LogP contribution in [0.4, 0.5) is 0 Å². The Hall–Kier alpha value is -1.55. The number of nitrogens with one attached hydrogen (secondary N) is 1. The van der Waals surface area contributed by atoms with Gasteiger partial charge >= 0.3 is 0 Å². The average Bonchev–Trinajstić information content (AvgIpc) is 2.49. The van der Waals surface area contributed by atoms with Crippen LogP contribution in [-0.2, 0) is 4.79 Å². The van der Waals surface area contributed by atoms with Crippen LogP contribution in [0.5, 0.6) is 5.75 Å². The van der Waals surface area contributed by atoms with Gasteiger partial charge in [-0.1, -0.05) is 25.1 Å². The Balaban J connectivity index is 1.83. The number of para-hydroxylation sites is 1. The molecule has 20 heavy (non-hydrogen) atoms. The molecule has 1 aromatic rings. The van der Waals surface area contributed by atoms with Crippen LogP contribution in [0.3, 0.4) is 0 Å². The molecule has 0 unspecified atom stereocenters. The van der Waals surface area contributed by atoms with E-state index < -0.39 is 5.54 Å². The molecule has 0 saturated heterocycles. The second-order valence-electron chi connectivity index (χ2n) is 5.77. The molecule has 0 aliphatic heterocycles. The van der Waals surface area contributed by atoms with E-state index in [0.717, 1.165) is 25.7 Å². The zero-order valence-electron chi connectivity index (χ0n) is 12.0. The lowest BCUT2D eigenvalue weighted by Gasteiger charge is -2.38. The lowest BCUT2D eigenvalue weighted by atomic mass is 9.77. The number of carbonyl (C=O) groups excluding carboxylic acids is 1. The zero-order chi connectivity index (χ0) is 14.4. The molecule has 1 fully saturated rings. The summed E-state index contributed by atoms with van der Waals surface area (Å²) < 4.78 is 5.43. The molecule has 1 aliphatic rings. The number of benzene rings is 1. The second kappa shape index (κ2) is 6.75. The molecule has 1 amide bonds. The van der Waals surface area contributed by atoms with Crippen molar-refractivity contribution >= 4 is 5.91 Å². The van der Waals surface area contributed by atoms with E-state index in [-0.39, 0.29) is 19.1 Å². The summed E-state index contributed by atoms with van der Waals surface area (Å²) in [6.45, 7) is 2.19. The molecular weight excluding hydrogens is 254 g/mol. The molecule has 2 rings (SSSR count). The normalized spacial score (nSPS) is 26.0. The molecule has 4 nitrogen and oxygen atoms in total. The highest BCUT2D eigenvalue weighted by molar-refractivity contribution is 5.78. The highest BCUT2D eigenvalue weighted by atomic mass is 16.5. The van der Waals surface area contributed by atoms with E-state index in [2.05, 4.69) is 12.2 Å². The van der Waals surface area contributed by atoms with Crippen molar-refractivity contribution in [1.82, 2.24) is 5.32 Å². The van der Waals surface area contributed by atoms with Gasteiger partial charge < -0.3 is 15.2 Å². The lowest BCUT2D eigenvalue weighted by Crippen LogP contribution is -2.54. The van der Waals surface area contributed by atoms with Gasteiger partial charge in [0.2, 0.25) is 0 Å². The van der Waals surface area contributed by atoms with E-state index in [4.69, 9.17) is 4.74 Å². The smallest absolute Gasteiger partial charge is 0.258 e. The van der Waals surface area contributed by atoms with Gasteiger partial charge in [-0.2, -0.15) is 0 Å². The summed E-state index contributed by atoms with van der Waals surface area (Å²) in [5, 5.41) is 12.6. The monoisotopic (exact) mass is 277 g/mol. The number of aliphatic hydroxyl groups is 1. The molecule has 0 radical (unpaired) electrons. The van der Waals surface area contributed by atoms with E-state index in [1.54, 1.807) is 0 Å². The molecule has 110 valence electrons. The molecule has 0 atom stereocenters. The van der Waals surface area contributed by atoms with E-state index in [0.29, 0.717) is 11.7 Å². The highest BCUT2D eigenvalue weighted by Crippen LogP contribution is 2.31. The molecule has 1 saturated carbocycles. The minimum atomic E-state index is -0.455. The van der Waals surface area contributed by atoms with Crippen molar-refractivity contribution in [3.8, 4) is 5.75 Å². The molecule has 0 heterocycles. The Kier molecular flexibility index (Phi) is 5.01. The van der Waals surface area contributed by atoms with Crippen LogP contribution in [0.2, 0.25) is 0 Å². The Morgan fingerprint density at radius 3 is 2.60 bits per heavy atom. The van der Waals surface area contributed by atoms with Gasteiger partial charge in [0.05, 0.1) is 12.1 Å². The third-order valence-electron chi connectivity index (χ3n) is 4.05. The van der Waals surface area contributed by atoms with Crippen LogP contribution >= 0.6 is 0 Å². The predicted molar refractivity (Wildman–Crippen MR) is 77.5 cm³/mol. The summed E-state index contributed by atoms with van der Waals surface area (Å²) in [5.41, 5.74) is -0.455. The van der Waals surface area contributed by atoms with Crippen molar-refractivity contribution < 1.29 is 14.6 Å². The maximum absolute atomic E-state index is 12.0. The van der Waals surface area contributed by atoms with E-state index in [1.165, 1.54) is 0 Å². The van der Waals surface area contributed by atoms with Crippen molar-refractivity contribution in [1.29, 1.82) is 0 Å². The van der Waals surface area contributed by atoms with Gasteiger partial charge in [0.1, 0.15) is 5.75 Å². The molecule has 1 aliphatic carbocycles. The van der Waals surface area contributed by atoms with Crippen LogP contribution in [0, 0.1) is 5.92 Å². The summed E-state index contributed by atoms with van der Waals surface area (Å²) in [4.78, 5) is 12.0. The summed E-state index contributed by atoms with van der Waals surface area (Å²) in [6, 6.07) is 9.27. The maximum Gasteiger partial charge on any atom is 0.258 e. The number of carbonyl (C=O) groups is 1. The molecule has 1 aromatic carbocycles. The number of ether oxygens (including phenoxy) is 1. The first kappa shape index (κ1) is 14.9. The van der Waals surface area contributed by atoms with Crippen molar-refractivity contribution in [3.05, 3.63) is 30.3 Å². The van der Waals surface area contributed by atoms with Gasteiger partial charge in [-0.3, -0.25) is 4.79 Å². The van der Waals surface area contributed by atoms with Crippen molar-refractivity contribution in [2.24, 2.45) is 5.92 Å². The highest BCUT2D eigenvalue weighted by Gasteiger charge is 2.34. The SMILES string of the molecule is CC1CCC(CO)(NC(=O)COc2ccccc2)CC1. The first-order valence-corrected chi connectivity index (χ1v) is 7.23. The molecule has 0 aromatic heterocycles. The first-order valence-electron chi connectivity index (χ1n) is 7.23. The van der Waals surface area contributed by atoms with Gasteiger partial charge in [0, 0.05) is 0 Å². The zero-order valence-corrected chi connectivity index (χ0v) is 12.0. The largest absolute Gasteiger partial charge is 0.484 e. The molecule has 0 spiro atoms. The molecule has 4 heteroatoms. The average molecular weight is 277 g/mol. The molecule has 2 N–H and O–H groups in total. The lowest BCUT2D eigenvalue weighted by molar-refractivity contribution is -0.126. The summed E-state index contributed by atoms with van der Waals surface area (Å²) in [6.07, 6.45) is 3.75. The van der Waals surface area contributed by atoms with Gasteiger partial charge in [-0.05, 0) is 43.7 Å². The van der Waals surface area contributed by atoms with E-state index in [1.807, 2.05) is 30.3 Å².